The number of carbonyl (C=O) groups excluding carboxylic acids is 1. The summed E-state index contributed by atoms with van der Waals surface area (Å²) >= 11 is 0. The van der Waals surface area contributed by atoms with Gasteiger partial charge in [0.05, 0.1) is 8.46 Å². The fourth-order valence-electron chi connectivity index (χ4n) is 1.60. The molecule has 4 heteroatoms. The second-order valence-corrected chi connectivity index (χ2v) is 4.70. The van der Waals surface area contributed by atoms with Crippen LogP contribution < -0.4 is 4.74 Å². The van der Waals surface area contributed by atoms with Crippen LogP contribution in [0.5, 0.6) is 5.75 Å². The van der Waals surface area contributed by atoms with Gasteiger partial charge in [0.2, 0.25) is 0 Å². The summed E-state index contributed by atoms with van der Waals surface area (Å²) in [5.74, 6) is -0.00585. The first kappa shape index (κ1) is 12.6. The van der Waals surface area contributed by atoms with E-state index in [9.17, 15) is 9.36 Å². The smallest absolute Gasteiger partial charge is 0.325 e. The van der Waals surface area contributed by atoms with Crippen LogP contribution in [0.2, 0.25) is 0 Å². The number of hydrogen-bond donors (Lipinski definition) is 0. The molecular formula is C14H13O3P. The number of benzene rings is 2. The van der Waals surface area contributed by atoms with Crippen molar-refractivity contribution in [1.29, 1.82) is 0 Å². The molecule has 0 aromatic heterocycles. The Kier molecular flexibility index (Phi) is 4.32. The van der Waals surface area contributed by atoms with Crippen LogP contribution in [0.4, 0.5) is 0 Å². The van der Waals surface area contributed by atoms with Crippen molar-refractivity contribution < 1.29 is 14.1 Å². The lowest BCUT2D eigenvalue weighted by Gasteiger charge is -2.10. The number of ether oxygens (including phenoxy) is 1. The van der Waals surface area contributed by atoms with Crippen molar-refractivity contribution in [3.63, 3.8) is 0 Å². The van der Waals surface area contributed by atoms with E-state index in [1.165, 1.54) is 0 Å². The molecule has 0 aliphatic rings. The molecule has 0 bridgehead atoms. The average molecular weight is 260 g/mol. The molecule has 0 aliphatic heterocycles. The third-order valence-corrected chi connectivity index (χ3v) is 3.44. The maximum absolute atomic E-state index is 11.9. The molecule has 0 amide bonds. The van der Waals surface area contributed by atoms with Gasteiger partial charge in [0.25, 0.3) is 0 Å². The van der Waals surface area contributed by atoms with Crippen LogP contribution >= 0.6 is 8.46 Å². The Labute approximate surface area is 107 Å². The molecule has 0 saturated carbocycles. The van der Waals surface area contributed by atoms with E-state index in [-0.39, 0.29) is 0 Å². The van der Waals surface area contributed by atoms with E-state index >= 15 is 0 Å². The highest BCUT2D eigenvalue weighted by molar-refractivity contribution is 7.25. The molecule has 2 unspecified atom stereocenters. The third-order valence-electron chi connectivity index (χ3n) is 2.51. The zero-order valence-corrected chi connectivity index (χ0v) is 10.8. The molecule has 2 atom stereocenters. The highest BCUT2D eigenvalue weighted by atomic mass is 31.1. The second kappa shape index (κ2) is 6.18. The zero-order chi connectivity index (χ0) is 12.8. The van der Waals surface area contributed by atoms with Crippen LogP contribution in [0.15, 0.2) is 60.7 Å². The predicted octanol–water partition coefficient (Wildman–Crippen LogP) is 3.09. The molecule has 0 N–H and O–H groups in total. The molecule has 0 spiro atoms. The molecular weight excluding hydrogens is 247 g/mol. The molecule has 2 aromatic rings. The molecule has 0 radical (unpaired) electrons. The predicted molar refractivity (Wildman–Crippen MR) is 71.7 cm³/mol. The number of carbonyl (C=O) groups is 1. The Morgan fingerprint density at radius 3 is 2.06 bits per heavy atom. The van der Waals surface area contributed by atoms with Crippen LogP contribution in [-0.2, 0) is 9.36 Å². The second-order valence-electron chi connectivity index (χ2n) is 3.76. The van der Waals surface area contributed by atoms with Crippen molar-refractivity contribution in [2.75, 3.05) is 0 Å². The topological polar surface area (TPSA) is 43.4 Å². The van der Waals surface area contributed by atoms with Crippen molar-refractivity contribution in [3.05, 3.63) is 66.2 Å². The SMILES string of the molecule is O=[PH2]C(C(=O)Oc1ccccc1)c1ccccc1. The monoisotopic (exact) mass is 260 g/mol. The van der Waals surface area contributed by atoms with E-state index in [1.807, 2.05) is 24.3 Å². The molecule has 18 heavy (non-hydrogen) atoms. The highest BCUT2D eigenvalue weighted by Gasteiger charge is 2.20. The molecule has 2 rings (SSSR count). The van der Waals surface area contributed by atoms with Gasteiger partial charge in [-0.25, -0.2) is 0 Å². The molecule has 0 heterocycles. The highest BCUT2D eigenvalue weighted by Crippen LogP contribution is 2.28. The summed E-state index contributed by atoms with van der Waals surface area (Å²) in [6, 6.07) is 17.8. The summed E-state index contributed by atoms with van der Waals surface area (Å²) in [7, 11) is -1.26. The fourth-order valence-corrected chi connectivity index (χ4v) is 2.16. The lowest BCUT2D eigenvalue weighted by Crippen LogP contribution is -2.14. The van der Waals surface area contributed by atoms with Crippen molar-refractivity contribution in [2.24, 2.45) is 0 Å². The van der Waals surface area contributed by atoms with E-state index in [0.717, 1.165) is 5.56 Å². The number of esters is 1. The van der Waals surface area contributed by atoms with Gasteiger partial charge in [-0.2, -0.15) is 0 Å². The van der Waals surface area contributed by atoms with Crippen LogP contribution in [-0.4, -0.2) is 5.97 Å². The van der Waals surface area contributed by atoms with Gasteiger partial charge in [-0.05, 0) is 17.7 Å². The Bertz CT molecular complexity index is 525. The van der Waals surface area contributed by atoms with Gasteiger partial charge in [0.1, 0.15) is 11.4 Å². The van der Waals surface area contributed by atoms with Crippen LogP contribution in [0.1, 0.15) is 11.2 Å². The van der Waals surface area contributed by atoms with E-state index in [2.05, 4.69) is 0 Å². The summed E-state index contributed by atoms with van der Waals surface area (Å²) in [6.07, 6.45) is 0. The van der Waals surface area contributed by atoms with Crippen LogP contribution in [0.3, 0.4) is 0 Å². The van der Waals surface area contributed by atoms with Crippen LogP contribution in [0.25, 0.3) is 0 Å². The van der Waals surface area contributed by atoms with Gasteiger partial charge in [0, 0.05) is 0 Å². The third kappa shape index (κ3) is 3.08. The molecule has 0 saturated heterocycles. The van der Waals surface area contributed by atoms with Gasteiger partial charge in [0.15, 0.2) is 0 Å². The van der Waals surface area contributed by atoms with Crippen molar-refractivity contribution in [1.82, 2.24) is 0 Å². The summed E-state index contributed by atoms with van der Waals surface area (Å²) in [5.41, 5.74) is 0.0508. The standard InChI is InChI=1S/C14H13O3P/c15-14(17-12-9-5-2-6-10-12)13(18-16)11-7-3-1-4-8-11/h1-10,13H,18H2. The lowest BCUT2D eigenvalue weighted by molar-refractivity contribution is -0.134. The Hall–Kier alpha value is -1.86. The Morgan fingerprint density at radius 1 is 0.944 bits per heavy atom. The maximum atomic E-state index is 11.9. The minimum atomic E-state index is -1.26. The molecule has 0 aliphatic carbocycles. The van der Waals surface area contributed by atoms with Crippen molar-refractivity contribution in [2.45, 2.75) is 5.66 Å². The van der Waals surface area contributed by atoms with E-state index in [4.69, 9.17) is 4.74 Å². The van der Waals surface area contributed by atoms with Gasteiger partial charge in [-0.1, -0.05) is 48.5 Å². The fraction of sp³-hybridized carbons (Fsp3) is 0.0714. The molecule has 0 fully saturated rings. The normalized spacial score (nSPS) is 12.4. The molecule has 3 nitrogen and oxygen atoms in total. The lowest BCUT2D eigenvalue weighted by atomic mass is 10.1. The first-order valence-corrected chi connectivity index (χ1v) is 6.72. The van der Waals surface area contributed by atoms with Gasteiger partial charge in [-0.3, -0.25) is 4.79 Å². The quantitative estimate of drug-likeness (QED) is 0.482. The minimum absolute atomic E-state index is 0.469. The number of hydrogen-bond acceptors (Lipinski definition) is 3. The van der Waals surface area contributed by atoms with E-state index in [0.29, 0.717) is 5.75 Å². The Morgan fingerprint density at radius 2 is 1.50 bits per heavy atom. The maximum Gasteiger partial charge on any atom is 0.325 e. The van der Waals surface area contributed by atoms with E-state index < -0.39 is 20.1 Å². The summed E-state index contributed by atoms with van der Waals surface area (Å²) in [4.78, 5) is 11.9. The van der Waals surface area contributed by atoms with Gasteiger partial charge in [-0.15, -0.1) is 0 Å². The van der Waals surface area contributed by atoms with Crippen molar-refractivity contribution in [3.8, 4) is 5.75 Å². The number of rotatable bonds is 4. The summed E-state index contributed by atoms with van der Waals surface area (Å²) < 4.78 is 16.4. The van der Waals surface area contributed by atoms with Crippen LogP contribution in [0, 0.1) is 0 Å². The zero-order valence-electron chi connectivity index (χ0n) is 9.65. The number of para-hydroxylation sites is 1. The van der Waals surface area contributed by atoms with Crippen molar-refractivity contribution >= 4 is 14.4 Å². The first-order valence-electron chi connectivity index (χ1n) is 5.58. The average Bonchev–Trinajstić information content (AvgIpc) is 2.42. The molecule has 92 valence electrons. The first-order chi connectivity index (χ1) is 8.81. The Balaban J connectivity index is 2.14. The van der Waals surface area contributed by atoms with E-state index in [1.54, 1.807) is 36.4 Å². The van der Waals surface area contributed by atoms with Gasteiger partial charge < -0.3 is 9.30 Å². The largest absolute Gasteiger partial charge is 0.426 e. The minimum Gasteiger partial charge on any atom is -0.426 e. The molecule has 2 aromatic carbocycles. The van der Waals surface area contributed by atoms with Gasteiger partial charge >= 0.3 is 5.97 Å². The summed E-state index contributed by atoms with van der Waals surface area (Å²) in [5, 5.41) is 0. The summed E-state index contributed by atoms with van der Waals surface area (Å²) in [6.45, 7) is 0.